The van der Waals surface area contributed by atoms with Crippen molar-refractivity contribution in [3.05, 3.63) is 0 Å². The first kappa shape index (κ1) is 13.3. The zero-order valence-corrected chi connectivity index (χ0v) is 8.74. The molecule has 1 aliphatic heterocycles. The normalized spacial score (nSPS) is 39.4. The van der Waals surface area contributed by atoms with Crippen LogP contribution in [0.4, 0.5) is 0 Å². The van der Waals surface area contributed by atoms with Crippen molar-refractivity contribution in [3.8, 4) is 0 Å². The quantitative estimate of drug-likeness (QED) is 0.326. The summed E-state index contributed by atoms with van der Waals surface area (Å²) in [6.07, 6.45) is -4.79. The number of hydrogen-bond acceptors (Lipinski definition) is 7. The molecule has 0 saturated carbocycles. The van der Waals surface area contributed by atoms with Crippen molar-refractivity contribution in [2.45, 2.75) is 37.6 Å². The summed E-state index contributed by atoms with van der Waals surface area (Å²) in [6, 6.07) is -0.986. The van der Waals surface area contributed by atoms with E-state index in [1.54, 1.807) is 0 Å². The van der Waals surface area contributed by atoms with Crippen LogP contribution in [0.25, 0.3) is 0 Å². The SMILES string of the molecule is CC(=O)NC1C(O)[C@@H](O)C(CO)O[C@@H]1ON. The van der Waals surface area contributed by atoms with Crippen LogP contribution in [0.5, 0.6) is 0 Å². The van der Waals surface area contributed by atoms with Crippen molar-refractivity contribution in [2.24, 2.45) is 5.90 Å². The Labute approximate surface area is 91.9 Å². The van der Waals surface area contributed by atoms with Gasteiger partial charge in [0.05, 0.1) is 6.61 Å². The van der Waals surface area contributed by atoms with Gasteiger partial charge in [0.15, 0.2) is 6.29 Å². The van der Waals surface area contributed by atoms with E-state index in [2.05, 4.69) is 10.2 Å². The van der Waals surface area contributed by atoms with Gasteiger partial charge in [0, 0.05) is 6.92 Å². The lowest BCUT2D eigenvalue weighted by molar-refractivity contribution is -0.271. The first-order valence-corrected chi connectivity index (χ1v) is 4.76. The van der Waals surface area contributed by atoms with Crippen LogP contribution in [0.15, 0.2) is 0 Å². The molecule has 1 fully saturated rings. The van der Waals surface area contributed by atoms with Crippen LogP contribution in [0, 0.1) is 0 Å². The molecular formula is C8H16N2O6. The highest BCUT2D eigenvalue weighted by molar-refractivity contribution is 5.73. The summed E-state index contributed by atoms with van der Waals surface area (Å²) in [4.78, 5) is 15.3. The van der Waals surface area contributed by atoms with Crippen LogP contribution >= 0.6 is 0 Å². The Hall–Kier alpha value is -0.770. The minimum absolute atomic E-state index is 0.427. The molecule has 1 amide bonds. The summed E-state index contributed by atoms with van der Waals surface area (Å²) in [5.74, 6) is 4.52. The zero-order valence-electron chi connectivity index (χ0n) is 8.74. The third-order valence-electron chi connectivity index (χ3n) is 2.38. The average molecular weight is 236 g/mol. The van der Waals surface area contributed by atoms with Crippen molar-refractivity contribution in [1.29, 1.82) is 0 Å². The molecule has 0 aliphatic carbocycles. The summed E-state index contributed by atoms with van der Waals surface area (Å²) in [5.41, 5.74) is 0. The number of aliphatic hydroxyl groups excluding tert-OH is 3. The number of aliphatic hydroxyl groups is 3. The van der Waals surface area contributed by atoms with Crippen molar-refractivity contribution >= 4 is 5.91 Å². The van der Waals surface area contributed by atoms with Gasteiger partial charge in [-0.25, -0.2) is 5.90 Å². The van der Waals surface area contributed by atoms with Crippen molar-refractivity contribution in [1.82, 2.24) is 5.32 Å². The molecule has 1 rings (SSSR count). The smallest absolute Gasteiger partial charge is 0.217 e. The van der Waals surface area contributed by atoms with E-state index < -0.39 is 43.2 Å². The van der Waals surface area contributed by atoms with Gasteiger partial charge in [0.25, 0.3) is 0 Å². The Balaban J connectivity index is 2.77. The molecule has 1 heterocycles. The summed E-state index contributed by atoms with van der Waals surface area (Å²) in [7, 11) is 0. The van der Waals surface area contributed by atoms with Gasteiger partial charge in [0.2, 0.25) is 5.91 Å². The highest BCUT2D eigenvalue weighted by Gasteiger charge is 2.45. The highest BCUT2D eigenvalue weighted by atomic mass is 16.8. The molecule has 0 aromatic carbocycles. The van der Waals surface area contributed by atoms with E-state index in [1.807, 2.05) is 0 Å². The maximum absolute atomic E-state index is 10.9. The molecule has 6 N–H and O–H groups in total. The molecule has 1 saturated heterocycles. The second-order valence-corrected chi connectivity index (χ2v) is 3.57. The Morgan fingerprint density at radius 1 is 1.50 bits per heavy atom. The first-order chi connectivity index (χ1) is 7.51. The lowest BCUT2D eigenvalue weighted by atomic mass is 9.97. The van der Waals surface area contributed by atoms with Gasteiger partial charge >= 0.3 is 0 Å². The zero-order chi connectivity index (χ0) is 12.3. The molecule has 1 aliphatic rings. The Kier molecular flexibility index (Phi) is 4.59. The maximum atomic E-state index is 10.9. The van der Waals surface area contributed by atoms with Crippen LogP contribution in [0.1, 0.15) is 6.92 Å². The molecule has 16 heavy (non-hydrogen) atoms. The minimum Gasteiger partial charge on any atom is -0.394 e. The Bertz CT molecular complexity index is 249. The summed E-state index contributed by atoms with van der Waals surface area (Å²) >= 11 is 0. The molecule has 8 heteroatoms. The summed E-state index contributed by atoms with van der Waals surface area (Å²) in [6.45, 7) is 0.746. The number of ether oxygens (including phenoxy) is 1. The fourth-order valence-electron chi connectivity index (χ4n) is 1.59. The lowest BCUT2D eigenvalue weighted by Crippen LogP contribution is -2.65. The van der Waals surface area contributed by atoms with E-state index in [0.717, 1.165) is 0 Å². The van der Waals surface area contributed by atoms with Gasteiger partial charge < -0.3 is 25.4 Å². The van der Waals surface area contributed by atoms with Gasteiger partial charge in [-0.15, -0.1) is 0 Å². The van der Waals surface area contributed by atoms with E-state index >= 15 is 0 Å². The number of hydrogen-bond donors (Lipinski definition) is 5. The second-order valence-electron chi connectivity index (χ2n) is 3.57. The van der Waals surface area contributed by atoms with Crippen molar-refractivity contribution < 1.29 is 29.7 Å². The summed E-state index contributed by atoms with van der Waals surface area (Å²) in [5, 5.41) is 30.5. The molecule has 0 bridgehead atoms. The largest absolute Gasteiger partial charge is 0.394 e. The van der Waals surface area contributed by atoms with E-state index in [9.17, 15) is 15.0 Å². The van der Waals surface area contributed by atoms with E-state index in [-0.39, 0.29) is 0 Å². The topological polar surface area (TPSA) is 134 Å². The fourth-order valence-corrected chi connectivity index (χ4v) is 1.59. The Morgan fingerprint density at radius 3 is 2.56 bits per heavy atom. The Morgan fingerprint density at radius 2 is 2.12 bits per heavy atom. The van der Waals surface area contributed by atoms with E-state index in [4.69, 9.17) is 15.7 Å². The third kappa shape index (κ3) is 2.67. The number of nitrogens with two attached hydrogens (primary N) is 1. The molecule has 0 aromatic heterocycles. The molecule has 8 nitrogen and oxygen atoms in total. The van der Waals surface area contributed by atoms with Gasteiger partial charge in [-0.2, -0.15) is 0 Å². The van der Waals surface area contributed by atoms with Crippen LogP contribution in [-0.2, 0) is 14.4 Å². The molecular weight excluding hydrogens is 220 g/mol. The predicted octanol–water partition coefficient (Wildman–Crippen LogP) is -3.18. The minimum atomic E-state index is -1.33. The number of rotatable bonds is 3. The lowest BCUT2D eigenvalue weighted by Gasteiger charge is -2.41. The molecule has 0 aromatic rings. The van der Waals surface area contributed by atoms with Crippen LogP contribution in [0.2, 0.25) is 0 Å². The van der Waals surface area contributed by atoms with E-state index in [0.29, 0.717) is 0 Å². The number of carbonyl (C=O) groups is 1. The molecule has 0 spiro atoms. The van der Waals surface area contributed by atoms with Crippen LogP contribution in [-0.4, -0.2) is 58.5 Å². The van der Waals surface area contributed by atoms with Crippen molar-refractivity contribution in [2.75, 3.05) is 6.61 Å². The van der Waals surface area contributed by atoms with Gasteiger partial charge in [-0.1, -0.05) is 0 Å². The summed E-state index contributed by atoms with van der Waals surface area (Å²) < 4.78 is 5.06. The maximum Gasteiger partial charge on any atom is 0.217 e. The third-order valence-corrected chi connectivity index (χ3v) is 2.38. The number of amides is 1. The standard InChI is InChI=1S/C8H16N2O6/c1-3(12)10-5-7(14)6(13)4(2-11)15-8(5)16-9/h4-8,11,13-14H,2,9H2,1H3,(H,10,12)/t4?,5?,6-,7?,8+/m0/s1. The highest BCUT2D eigenvalue weighted by Crippen LogP contribution is 2.20. The molecule has 0 radical (unpaired) electrons. The average Bonchev–Trinajstić information content (AvgIpc) is 2.25. The first-order valence-electron chi connectivity index (χ1n) is 4.76. The molecule has 5 atom stereocenters. The number of carbonyl (C=O) groups excluding carboxylic acids is 1. The molecule has 94 valence electrons. The number of nitrogens with one attached hydrogen (secondary N) is 1. The van der Waals surface area contributed by atoms with Crippen molar-refractivity contribution in [3.63, 3.8) is 0 Å². The monoisotopic (exact) mass is 236 g/mol. The van der Waals surface area contributed by atoms with E-state index in [1.165, 1.54) is 6.92 Å². The predicted molar refractivity (Wildman–Crippen MR) is 50.6 cm³/mol. The van der Waals surface area contributed by atoms with Gasteiger partial charge in [0.1, 0.15) is 24.4 Å². The van der Waals surface area contributed by atoms with Gasteiger partial charge in [-0.05, 0) is 0 Å². The fraction of sp³-hybridized carbons (Fsp3) is 0.875. The van der Waals surface area contributed by atoms with Crippen LogP contribution in [0.3, 0.4) is 0 Å². The second kappa shape index (κ2) is 5.53. The van der Waals surface area contributed by atoms with Gasteiger partial charge in [-0.3, -0.25) is 9.63 Å². The molecule has 3 unspecified atom stereocenters. The van der Waals surface area contributed by atoms with Crippen LogP contribution < -0.4 is 11.2 Å².